The molecule has 1 saturated heterocycles. The molecule has 118 valence electrons. The van der Waals surface area contributed by atoms with Gasteiger partial charge in [0, 0.05) is 19.1 Å². The summed E-state index contributed by atoms with van der Waals surface area (Å²) in [7, 11) is 0. The zero-order valence-corrected chi connectivity index (χ0v) is 13.9. The molecule has 0 aromatic heterocycles. The molecule has 1 N–H and O–H groups in total. The molecule has 0 aromatic rings. The van der Waals surface area contributed by atoms with Crippen LogP contribution in [0, 0.1) is 0 Å². The lowest BCUT2D eigenvalue weighted by atomic mass is 9.98. The lowest BCUT2D eigenvalue weighted by molar-refractivity contribution is -0.141. The number of carbonyl (C=O) groups is 1. The zero-order valence-electron chi connectivity index (χ0n) is 13.9. The average molecular weight is 284 g/mol. The molecule has 4 nitrogen and oxygen atoms in total. The highest BCUT2D eigenvalue weighted by atomic mass is 16.3. The molecule has 0 radical (unpaired) electrons. The first-order chi connectivity index (χ1) is 9.30. The number of aliphatic hydroxyl groups is 1. The van der Waals surface area contributed by atoms with E-state index in [0.29, 0.717) is 12.6 Å². The molecule has 0 bridgehead atoms. The Kier molecular flexibility index (Phi) is 6.46. The van der Waals surface area contributed by atoms with Crippen molar-refractivity contribution < 1.29 is 9.90 Å². The second-order valence-corrected chi connectivity index (χ2v) is 6.64. The summed E-state index contributed by atoms with van der Waals surface area (Å²) < 4.78 is 0. The molecule has 1 rings (SSSR count). The predicted octanol–water partition coefficient (Wildman–Crippen LogP) is 2.26. The summed E-state index contributed by atoms with van der Waals surface area (Å²) in [6.07, 6.45) is 4.52. The fraction of sp³-hybridized carbons (Fsp3) is 0.938. The van der Waals surface area contributed by atoms with Gasteiger partial charge in [-0.25, -0.2) is 0 Å². The Bertz CT molecular complexity index is 312. The molecule has 1 aliphatic rings. The van der Waals surface area contributed by atoms with Crippen molar-refractivity contribution in [2.75, 3.05) is 19.6 Å². The van der Waals surface area contributed by atoms with E-state index in [-0.39, 0.29) is 11.9 Å². The third-order valence-electron chi connectivity index (χ3n) is 4.28. The van der Waals surface area contributed by atoms with Crippen molar-refractivity contribution in [3.63, 3.8) is 0 Å². The number of hydrogen-bond donors (Lipinski definition) is 1. The van der Waals surface area contributed by atoms with E-state index >= 15 is 0 Å². The molecule has 1 aliphatic heterocycles. The second kappa shape index (κ2) is 7.41. The summed E-state index contributed by atoms with van der Waals surface area (Å²) >= 11 is 0. The monoisotopic (exact) mass is 284 g/mol. The highest BCUT2D eigenvalue weighted by molar-refractivity contribution is 5.82. The largest absolute Gasteiger partial charge is 0.389 e. The number of likely N-dealkylation sites (tertiary alicyclic amines) is 1. The van der Waals surface area contributed by atoms with Gasteiger partial charge in [0.05, 0.1) is 11.6 Å². The Morgan fingerprint density at radius 2 is 2.05 bits per heavy atom. The Labute approximate surface area is 124 Å². The van der Waals surface area contributed by atoms with Gasteiger partial charge in [-0.3, -0.25) is 9.69 Å². The van der Waals surface area contributed by atoms with E-state index in [4.69, 9.17) is 0 Å². The minimum absolute atomic E-state index is 0.154. The number of piperidine rings is 1. The van der Waals surface area contributed by atoms with Crippen molar-refractivity contribution in [3.05, 3.63) is 0 Å². The normalized spacial score (nSPS) is 22.1. The van der Waals surface area contributed by atoms with Crippen LogP contribution in [0.15, 0.2) is 0 Å². The lowest BCUT2D eigenvalue weighted by Crippen LogP contribution is -2.54. The minimum Gasteiger partial charge on any atom is -0.389 e. The first-order valence-electron chi connectivity index (χ1n) is 8.07. The van der Waals surface area contributed by atoms with Crippen molar-refractivity contribution in [1.29, 1.82) is 0 Å². The second-order valence-electron chi connectivity index (χ2n) is 6.64. The number of amides is 1. The lowest BCUT2D eigenvalue weighted by Gasteiger charge is -2.40. The first-order valence-corrected chi connectivity index (χ1v) is 8.07. The van der Waals surface area contributed by atoms with Crippen LogP contribution in [0.3, 0.4) is 0 Å². The van der Waals surface area contributed by atoms with E-state index in [2.05, 4.69) is 16.7 Å². The SMILES string of the molecule is CCC1CCCCN1C(=O)C(C)N(CC)CC(C)(C)O. The summed E-state index contributed by atoms with van der Waals surface area (Å²) in [5, 5.41) is 9.99. The molecule has 1 amide bonds. The van der Waals surface area contributed by atoms with E-state index in [9.17, 15) is 9.90 Å². The van der Waals surface area contributed by atoms with Crippen LogP contribution in [0.5, 0.6) is 0 Å². The maximum atomic E-state index is 12.8. The van der Waals surface area contributed by atoms with Crippen LogP contribution in [0.2, 0.25) is 0 Å². The topological polar surface area (TPSA) is 43.8 Å². The standard InChI is InChI=1S/C16H32N2O2/c1-6-14-10-8-9-11-18(14)15(19)13(3)17(7-2)12-16(4,5)20/h13-14,20H,6-12H2,1-5H3. The summed E-state index contributed by atoms with van der Waals surface area (Å²) in [6.45, 7) is 12.0. The molecule has 2 unspecified atom stereocenters. The van der Waals surface area contributed by atoms with Crippen LogP contribution >= 0.6 is 0 Å². The van der Waals surface area contributed by atoms with Crippen LogP contribution in [-0.4, -0.2) is 58.1 Å². The van der Waals surface area contributed by atoms with Gasteiger partial charge < -0.3 is 10.0 Å². The van der Waals surface area contributed by atoms with Crippen LogP contribution in [-0.2, 0) is 4.79 Å². The maximum absolute atomic E-state index is 12.8. The Morgan fingerprint density at radius 3 is 2.55 bits per heavy atom. The van der Waals surface area contributed by atoms with Crippen molar-refractivity contribution in [3.8, 4) is 0 Å². The molecular formula is C16H32N2O2. The van der Waals surface area contributed by atoms with Gasteiger partial charge in [0.2, 0.25) is 5.91 Å². The molecule has 1 heterocycles. The van der Waals surface area contributed by atoms with Gasteiger partial charge in [-0.15, -0.1) is 0 Å². The smallest absolute Gasteiger partial charge is 0.239 e. The van der Waals surface area contributed by atoms with Crippen molar-refractivity contribution >= 4 is 5.91 Å². The molecular weight excluding hydrogens is 252 g/mol. The molecule has 2 atom stereocenters. The van der Waals surface area contributed by atoms with Crippen LogP contribution in [0.1, 0.15) is 60.3 Å². The van der Waals surface area contributed by atoms with Crippen molar-refractivity contribution in [2.45, 2.75) is 78.0 Å². The van der Waals surface area contributed by atoms with E-state index < -0.39 is 5.60 Å². The number of likely N-dealkylation sites (N-methyl/N-ethyl adjacent to an activating group) is 1. The van der Waals surface area contributed by atoms with Gasteiger partial charge in [-0.2, -0.15) is 0 Å². The molecule has 20 heavy (non-hydrogen) atoms. The van der Waals surface area contributed by atoms with Gasteiger partial charge in [-0.05, 0) is 53.0 Å². The van der Waals surface area contributed by atoms with Gasteiger partial charge in [0.25, 0.3) is 0 Å². The van der Waals surface area contributed by atoms with E-state index in [0.717, 1.165) is 32.4 Å². The van der Waals surface area contributed by atoms with Crippen molar-refractivity contribution in [2.24, 2.45) is 0 Å². The fourth-order valence-electron chi connectivity index (χ4n) is 3.13. The molecule has 0 aliphatic carbocycles. The molecule has 0 saturated carbocycles. The Morgan fingerprint density at radius 1 is 1.40 bits per heavy atom. The van der Waals surface area contributed by atoms with Crippen LogP contribution in [0.25, 0.3) is 0 Å². The highest BCUT2D eigenvalue weighted by Gasteiger charge is 2.32. The molecule has 0 aromatic carbocycles. The molecule has 0 spiro atoms. The quantitative estimate of drug-likeness (QED) is 0.813. The number of nitrogens with zero attached hydrogens (tertiary/aromatic N) is 2. The van der Waals surface area contributed by atoms with E-state index in [1.807, 2.05) is 13.8 Å². The van der Waals surface area contributed by atoms with E-state index in [1.54, 1.807) is 13.8 Å². The Balaban J connectivity index is 2.72. The predicted molar refractivity (Wildman–Crippen MR) is 82.6 cm³/mol. The summed E-state index contributed by atoms with van der Waals surface area (Å²) in [5.74, 6) is 0.225. The highest BCUT2D eigenvalue weighted by Crippen LogP contribution is 2.21. The van der Waals surface area contributed by atoms with Gasteiger partial charge in [0.1, 0.15) is 0 Å². The zero-order chi connectivity index (χ0) is 15.3. The third kappa shape index (κ3) is 4.74. The molecule has 4 heteroatoms. The van der Waals surface area contributed by atoms with Gasteiger partial charge >= 0.3 is 0 Å². The summed E-state index contributed by atoms with van der Waals surface area (Å²) in [5.41, 5.74) is -0.767. The van der Waals surface area contributed by atoms with Gasteiger partial charge in [-0.1, -0.05) is 13.8 Å². The Hall–Kier alpha value is -0.610. The van der Waals surface area contributed by atoms with Crippen LogP contribution < -0.4 is 0 Å². The third-order valence-corrected chi connectivity index (χ3v) is 4.28. The summed E-state index contributed by atoms with van der Waals surface area (Å²) in [4.78, 5) is 16.9. The number of rotatable bonds is 6. The van der Waals surface area contributed by atoms with Crippen LogP contribution in [0.4, 0.5) is 0 Å². The fourth-order valence-corrected chi connectivity index (χ4v) is 3.13. The van der Waals surface area contributed by atoms with Gasteiger partial charge in [0.15, 0.2) is 0 Å². The first kappa shape index (κ1) is 17.4. The minimum atomic E-state index is -0.767. The number of hydrogen-bond acceptors (Lipinski definition) is 3. The summed E-state index contributed by atoms with van der Waals surface area (Å²) in [6, 6.07) is 0.248. The number of carbonyl (C=O) groups excluding carboxylic acids is 1. The van der Waals surface area contributed by atoms with Crippen molar-refractivity contribution in [1.82, 2.24) is 9.80 Å². The maximum Gasteiger partial charge on any atom is 0.239 e. The average Bonchev–Trinajstić information content (AvgIpc) is 2.42. The van der Waals surface area contributed by atoms with E-state index in [1.165, 1.54) is 6.42 Å². The molecule has 1 fully saturated rings.